The summed E-state index contributed by atoms with van der Waals surface area (Å²) < 4.78 is 6.05. The molecule has 0 aliphatic heterocycles. The number of H-pyrrole nitrogens is 1. The maximum Gasteiger partial charge on any atom is 0.335 e. The predicted molar refractivity (Wildman–Crippen MR) is 65.6 cm³/mol. The fourth-order valence-corrected chi connectivity index (χ4v) is 1.60. The van der Waals surface area contributed by atoms with Crippen LogP contribution in [0.15, 0.2) is 33.9 Å². The number of ether oxygens (including phenoxy) is 1. The van der Waals surface area contributed by atoms with Crippen LogP contribution < -0.4 is 16.0 Å². The Hall–Kier alpha value is -2.50. The molecule has 0 atom stereocenters. The molecule has 0 aliphatic carbocycles. The molecule has 2 rings (SSSR count). The van der Waals surface area contributed by atoms with Crippen molar-refractivity contribution < 1.29 is 9.84 Å². The zero-order valence-electron chi connectivity index (χ0n) is 9.93. The molecule has 0 spiro atoms. The Labute approximate surface area is 102 Å². The molecule has 18 heavy (non-hydrogen) atoms. The quantitative estimate of drug-likeness (QED) is 0.812. The summed E-state index contributed by atoms with van der Waals surface area (Å²) in [7, 11) is 1.50. The first-order chi connectivity index (χ1) is 8.54. The van der Waals surface area contributed by atoms with Crippen molar-refractivity contribution >= 4 is 0 Å². The van der Waals surface area contributed by atoms with Crippen LogP contribution in [0.1, 0.15) is 5.56 Å². The van der Waals surface area contributed by atoms with Gasteiger partial charge in [0.15, 0.2) is 0 Å². The molecule has 1 aromatic carbocycles. The SMILES string of the molecule is COc1cccc(-n2c(O)c(C)c(=O)[nH]c2=O)c1. The van der Waals surface area contributed by atoms with E-state index in [4.69, 9.17) is 4.74 Å². The minimum atomic E-state index is -0.698. The Morgan fingerprint density at radius 1 is 1.33 bits per heavy atom. The number of nitrogens with one attached hydrogen (secondary N) is 1. The number of nitrogens with zero attached hydrogens (tertiary/aromatic N) is 1. The second-order valence-electron chi connectivity index (χ2n) is 3.74. The van der Waals surface area contributed by atoms with Gasteiger partial charge in [0.1, 0.15) is 5.75 Å². The standard InChI is InChI=1S/C12H12N2O4/c1-7-10(15)13-12(17)14(11(7)16)8-4-3-5-9(6-8)18-2/h3-6,16H,1-2H3,(H,13,15,17). The van der Waals surface area contributed by atoms with E-state index in [2.05, 4.69) is 4.98 Å². The highest BCUT2D eigenvalue weighted by Crippen LogP contribution is 2.19. The van der Waals surface area contributed by atoms with Gasteiger partial charge in [0.2, 0.25) is 5.88 Å². The molecule has 6 heteroatoms. The van der Waals surface area contributed by atoms with E-state index in [9.17, 15) is 14.7 Å². The van der Waals surface area contributed by atoms with E-state index < -0.39 is 11.2 Å². The summed E-state index contributed by atoms with van der Waals surface area (Å²) in [6.45, 7) is 1.43. The summed E-state index contributed by atoms with van der Waals surface area (Å²) in [5.41, 5.74) is -0.804. The monoisotopic (exact) mass is 248 g/mol. The van der Waals surface area contributed by atoms with Crippen LogP contribution >= 0.6 is 0 Å². The summed E-state index contributed by atoms with van der Waals surface area (Å²) in [4.78, 5) is 25.2. The maximum atomic E-state index is 11.7. The molecule has 1 heterocycles. The smallest absolute Gasteiger partial charge is 0.335 e. The summed E-state index contributed by atoms with van der Waals surface area (Å²) in [6, 6.07) is 6.60. The van der Waals surface area contributed by atoms with Crippen molar-refractivity contribution in [3.05, 3.63) is 50.7 Å². The minimum Gasteiger partial charge on any atom is -0.497 e. The van der Waals surface area contributed by atoms with E-state index >= 15 is 0 Å². The highest BCUT2D eigenvalue weighted by Gasteiger charge is 2.12. The first kappa shape index (κ1) is 12.0. The van der Waals surface area contributed by atoms with Gasteiger partial charge in [-0.3, -0.25) is 9.78 Å². The lowest BCUT2D eigenvalue weighted by molar-refractivity contribution is 0.412. The summed E-state index contributed by atoms with van der Waals surface area (Å²) in [5.74, 6) is 0.166. The van der Waals surface area contributed by atoms with E-state index in [-0.39, 0.29) is 11.4 Å². The van der Waals surface area contributed by atoms with Gasteiger partial charge in [-0.05, 0) is 19.1 Å². The Kier molecular flexibility index (Phi) is 2.93. The molecule has 0 saturated heterocycles. The molecule has 2 N–H and O–H groups in total. The highest BCUT2D eigenvalue weighted by molar-refractivity contribution is 5.42. The van der Waals surface area contributed by atoms with Gasteiger partial charge in [-0.15, -0.1) is 0 Å². The average molecular weight is 248 g/mol. The van der Waals surface area contributed by atoms with Crippen LogP contribution in [0.2, 0.25) is 0 Å². The lowest BCUT2D eigenvalue weighted by Gasteiger charge is -2.10. The first-order valence-corrected chi connectivity index (χ1v) is 5.24. The molecule has 0 amide bonds. The van der Waals surface area contributed by atoms with Gasteiger partial charge in [0.05, 0.1) is 18.4 Å². The van der Waals surface area contributed by atoms with Crippen LogP contribution in [0.3, 0.4) is 0 Å². The summed E-state index contributed by atoms with van der Waals surface area (Å²) in [6.07, 6.45) is 0. The lowest BCUT2D eigenvalue weighted by atomic mass is 10.3. The average Bonchev–Trinajstić information content (AvgIpc) is 2.36. The van der Waals surface area contributed by atoms with E-state index in [1.165, 1.54) is 14.0 Å². The van der Waals surface area contributed by atoms with Crippen molar-refractivity contribution in [2.75, 3.05) is 7.11 Å². The largest absolute Gasteiger partial charge is 0.497 e. The Morgan fingerprint density at radius 2 is 2.06 bits per heavy atom. The molecule has 0 radical (unpaired) electrons. The molecular weight excluding hydrogens is 236 g/mol. The maximum absolute atomic E-state index is 11.7. The second kappa shape index (κ2) is 4.40. The van der Waals surface area contributed by atoms with Gasteiger partial charge in [-0.25, -0.2) is 9.36 Å². The number of benzene rings is 1. The summed E-state index contributed by atoms with van der Waals surface area (Å²) >= 11 is 0. The van der Waals surface area contributed by atoms with Gasteiger partial charge in [-0.1, -0.05) is 6.07 Å². The second-order valence-corrected chi connectivity index (χ2v) is 3.74. The fraction of sp³-hybridized carbons (Fsp3) is 0.167. The molecule has 6 nitrogen and oxygen atoms in total. The summed E-state index contributed by atoms with van der Waals surface area (Å²) in [5, 5.41) is 9.88. The number of rotatable bonds is 2. The molecular formula is C12H12N2O4. The third-order valence-corrected chi connectivity index (χ3v) is 2.62. The highest BCUT2D eigenvalue weighted by atomic mass is 16.5. The van der Waals surface area contributed by atoms with Crippen molar-refractivity contribution in [2.24, 2.45) is 0 Å². The van der Waals surface area contributed by atoms with Gasteiger partial charge in [0, 0.05) is 6.07 Å². The van der Waals surface area contributed by atoms with Gasteiger partial charge >= 0.3 is 5.69 Å². The van der Waals surface area contributed by atoms with Gasteiger partial charge < -0.3 is 9.84 Å². The molecule has 0 fully saturated rings. The number of aromatic hydroxyl groups is 1. The number of hydrogen-bond donors (Lipinski definition) is 2. The third kappa shape index (κ3) is 1.88. The van der Waals surface area contributed by atoms with Gasteiger partial charge in [-0.2, -0.15) is 0 Å². The van der Waals surface area contributed by atoms with Crippen LogP contribution in [0.4, 0.5) is 0 Å². The number of methoxy groups -OCH3 is 1. The third-order valence-electron chi connectivity index (χ3n) is 2.62. The van der Waals surface area contributed by atoms with E-state index in [0.29, 0.717) is 11.4 Å². The van der Waals surface area contributed by atoms with Crippen LogP contribution in [0.25, 0.3) is 5.69 Å². The number of aromatic nitrogens is 2. The fourth-order valence-electron chi connectivity index (χ4n) is 1.60. The molecule has 0 unspecified atom stereocenters. The van der Waals surface area contributed by atoms with Crippen molar-refractivity contribution in [2.45, 2.75) is 6.92 Å². The van der Waals surface area contributed by atoms with Crippen LogP contribution in [-0.2, 0) is 0 Å². The van der Waals surface area contributed by atoms with Crippen molar-refractivity contribution in [3.8, 4) is 17.3 Å². The van der Waals surface area contributed by atoms with Crippen molar-refractivity contribution in [1.29, 1.82) is 0 Å². The molecule has 2 aromatic rings. The minimum absolute atomic E-state index is 0.0809. The van der Waals surface area contributed by atoms with Crippen LogP contribution in [0.5, 0.6) is 11.6 Å². The normalized spacial score (nSPS) is 10.3. The molecule has 94 valence electrons. The van der Waals surface area contributed by atoms with Crippen molar-refractivity contribution in [1.82, 2.24) is 9.55 Å². The van der Waals surface area contributed by atoms with Gasteiger partial charge in [0.25, 0.3) is 5.56 Å². The molecule has 0 bridgehead atoms. The van der Waals surface area contributed by atoms with E-state index in [1.54, 1.807) is 24.3 Å². The predicted octanol–water partition coefficient (Wildman–Crippen LogP) is 0.548. The number of aromatic amines is 1. The Balaban J connectivity index is 2.75. The Morgan fingerprint density at radius 3 is 2.72 bits per heavy atom. The van der Waals surface area contributed by atoms with Crippen LogP contribution in [0, 0.1) is 6.92 Å². The molecule has 0 saturated carbocycles. The molecule has 0 aliphatic rings. The van der Waals surface area contributed by atoms with Crippen molar-refractivity contribution in [3.63, 3.8) is 0 Å². The first-order valence-electron chi connectivity index (χ1n) is 5.24. The molecule has 1 aromatic heterocycles. The van der Waals surface area contributed by atoms with E-state index in [0.717, 1.165) is 4.57 Å². The van der Waals surface area contributed by atoms with E-state index in [1.807, 2.05) is 0 Å². The number of hydrogen-bond acceptors (Lipinski definition) is 4. The lowest BCUT2D eigenvalue weighted by Crippen LogP contribution is -2.30. The van der Waals surface area contributed by atoms with Crippen LogP contribution in [-0.4, -0.2) is 21.8 Å². The topological polar surface area (TPSA) is 84.3 Å². The zero-order valence-corrected chi connectivity index (χ0v) is 9.93. The zero-order chi connectivity index (χ0) is 13.3. The Bertz CT molecular complexity index is 700.